The predicted octanol–water partition coefficient (Wildman–Crippen LogP) is 1.48. The molecule has 8 nitrogen and oxygen atoms in total. The molecule has 1 atom stereocenters. The fourth-order valence-electron chi connectivity index (χ4n) is 2.72. The van der Waals surface area contributed by atoms with Gasteiger partial charge in [0.2, 0.25) is 0 Å². The van der Waals surface area contributed by atoms with Crippen molar-refractivity contribution in [2.45, 2.75) is 19.5 Å². The number of rotatable bonds is 7. The molecule has 9 heteroatoms. The Morgan fingerprint density at radius 3 is 2.68 bits per heavy atom. The Morgan fingerprint density at radius 1 is 1.25 bits per heavy atom. The molecule has 0 saturated heterocycles. The van der Waals surface area contributed by atoms with Crippen LogP contribution in [-0.4, -0.2) is 40.0 Å². The van der Waals surface area contributed by atoms with Crippen molar-refractivity contribution in [2.75, 3.05) is 13.2 Å². The van der Waals surface area contributed by atoms with Crippen molar-refractivity contribution in [3.63, 3.8) is 0 Å². The van der Waals surface area contributed by atoms with Crippen LogP contribution in [0.5, 0.6) is 0 Å². The Labute approximate surface area is 164 Å². The van der Waals surface area contributed by atoms with E-state index in [1.807, 2.05) is 24.4 Å². The minimum atomic E-state index is -0.818. The van der Waals surface area contributed by atoms with Crippen molar-refractivity contribution in [2.24, 2.45) is 0 Å². The Hall–Kier alpha value is -3.04. The molecule has 0 saturated carbocycles. The lowest BCUT2D eigenvalue weighted by atomic mass is 10.1. The summed E-state index contributed by atoms with van der Waals surface area (Å²) in [6.07, 6.45) is 0. The SMILES string of the molecule is C[C@@H](NC(=O)COC(=O)c1nn(CCO)c(=O)c2ccccc12)c1cccs1. The van der Waals surface area contributed by atoms with Gasteiger partial charge in [-0.2, -0.15) is 5.10 Å². The molecule has 0 spiro atoms. The molecule has 0 radical (unpaired) electrons. The molecule has 2 heterocycles. The lowest BCUT2D eigenvalue weighted by Crippen LogP contribution is -2.32. The van der Waals surface area contributed by atoms with E-state index in [0.717, 1.165) is 9.56 Å². The number of benzene rings is 1. The molecular formula is C19H19N3O5S. The molecule has 3 rings (SSSR count). The first kappa shape index (κ1) is 19.7. The van der Waals surface area contributed by atoms with Crippen molar-refractivity contribution >= 4 is 34.0 Å². The Kier molecular flexibility index (Phi) is 6.17. The summed E-state index contributed by atoms with van der Waals surface area (Å²) >= 11 is 1.52. The molecule has 146 valence electrons. The quantitative estimate of drug-likeness (QED) is 0.580. The van der Waals surface area contributed by atoms with Crippen LogP contribution < -0.4 is 10.9 Å². The van der Waals surface area contributed by atoms with Crippen molar-refractivity contribution in [3.8, 4) is 0 Å². The summed E-state index contributed by atoms with van der Waals surface area (Å²) in [6, 6.07) is 10.1. The minimum Gasteiger partial charge on any atom is -0.451 e. The molecule has 0 aliphatic heterocycles. The Morgan fingerprint density at radius 2 is 2.00 bits per heavy atom. The van der Waals surface area contributed by atoms with E-state index in [1.165, 1.54) is 11.3 Å². The average Bonchev–Trinajstić information content (AvgIpc) is 3.23. The molecule has 0 aliphatic rings. The Bertz CT molecular complexity index is 1050. The monoisotopic (exact) mass is 401 g/mol. The number of carbonyl (C=O) groups is 2. The molecule has 0 unspecified atom stereocenters. The number of esters is 1. The first-order valence-corrected chi connectivity index (χ1v) is 9.50. The van der Waals surface area contributed by atoms with Crippen LogP contribution in [0, 0.1) is 0 Å². The van der Waals surface area contributed by atoms with Gasteiger partial charge in [0, 0.05) is 10.3 Å². The molecule has 2 N–H and O–H groups in total. The zero-order chi connectivity index (χ0) is 20.1. The van der Waals surface area contributed by atoms with E-state index in [-0.39, 0.29) is 30.3 Å². The summed E-state index contributed by atoms with van der Waals surface area (Å²) in [6.45, 7) is 1.01. The highest BCUT2D eigenvalue weighted by atomic mass is 32.1. The molecule has 1 aromatic carbocycles. The van der Waals surface area contributed by atoms with Gasteiger partial charge >= 0.3 is 5.97 Å². The summed E-state index contributed by atoms with van der Waals surface area (Å²) in [5.41, 5.74) is -0.494. The van der Waals surface area contributed by atoms with E-state index in [9.17, 15) is 14.4 Å². The summed E-state index contributed by atoms with van der Waals surface area (Å²) in [5.74, 6) is -1.26. The zero-order valence-corrected chi connectivity index (χ0v) is 15.9. The van der Waals surface area contributed by atoms with E-state index >= 15 is 0 Å². The summed E-state index contributed by atoms with van der Waals surface area (Å²) in [7, 11) is 0. The molecule has 1 amide bonds. The fourth-order valence-corrected chi connectivity index (χ4v) is 3.46. The van der Waals surface area contributed by atoms with E-state index in [4.69, 9.17) is 9.84 Å². The number of carbonyl (C=O) groups excluding carboxylic acids is 2. The first-order chi connectivity index (χ1) is 13.5. The number of aliphatic hydroxyl groups is 1. The van der Waals surface area contributed by atoms with Gasteiger partial charge in [-0.3, -0.25) is 9.59 Å². The molecule has 28 heavy (non-hydrogen) atoms. The van der Waals surface area contributed by atoms with Crippen LogP contribution in [0.1, 0.15) is 28.3 Å². The van der Waals surface area contributed by atoms with Crippen molar-refractivity contribution in [1.82, 2.24) is 15.1 Å². The zero-order valence-electron chi connectivity index (χ0n) is 15.1. The van der Waals surface area contributed by atoms with Crippen LogP contribution in [0.15, 0.2) is 46.6 Å². The van der Waals surface area contributed by atoms with Gasteiger partial charge in [-0.05, 0) is 24.4 Å². The molecule has 0 aliphatic carbocycles. The topological polar surface area (TPSA) is 111 Å². The molecular weight excluding hydrogens is 382 g/mol. The van der Waals surface area contributed by atoms with Crippen molar-refractivity contribution < 1.29 is 19.4 Å². The van der Waals surface area contributed by atoms with Gasteiger partial charge in [0.1, 0.15) is 0 Å². The van der Waals surface area contributed by atoms with Crippen molar-refractivity contribution in [3.05, 3.63) is 62.7 Å². The Balaban J connectivity index is 1.75. The minimum absolute atomic E-state index is 0.0528. The van der Waals surface area contributed by atoms with Crippen LogP contribution in [0.4, 0.5) is 0 Å². The lowest BCUT2D eigenvalue weighted by Gasteiger charge is -2.13. The normalized spacial score (nSPS) is 11.9. The van der Waals surface area contributed by atoms with Gasteiger partial charge in [-0.25, -0.2) is 9.48 Å². The van der Waals surface area contributed by atoms with E-state index in [1.54, 1.807) is 24.3 Å². The second-order valence-electron chi connectivity index (χ2n) is 6.03. The van der Waals surface area contributed by atoms with Crippen LogP contribution >= 0.6 is 11.3 Å². The van der Waals surface area contributed by atoms with Gasteiger partial charge in [0.15, 0.2) is 12.3 Å². The van der Waals surface area contributed by atoms with Gasteiger partial charge in [0.25, 0.3) is 11.5 Å². The van der Waals surface area contributed by atoms with Crippen LogP contribution in [0.2, 0.25) is 0 Å². The predicted molar refractivity (Wildman–Crippen MR) is 104 cm³/mol. The third-order valence-corrected chi connectivity index (χ3v) is 5.11. The average molecular weight is 401 g/mol. The first-order valence-electron chi connectivity index (χ1n) is 8.62. The highest BCUT2D eigenvalue weighted by Gasteiger charge is 2.19. The molecule has 0 fully saturated rings. The molecule has 2 aromatic heterocycles. The highest BCUT2D eigenvalue weighted by Crippen LogP contribution is 2.18. The van der Waals surface area contributed by atoms with Gasteiger partial charge in [0.05, 0.1) is 24.6 Å². The molecule has 3 aromatic rings. The standard InChI is InChI=1S/C19H19N3O5S/c1-12(15-7-4-10-28-15)20-16(24)11-27-19(26)17-13-5-2-3-6-14(13)18(25)22(21-17)8-9-23/h2-7,10,12,23H,8-9,11H2,1H3,(H,20,24)/t12-/m1/s1. The number of amides is 1. The largest absolute Gasteiger partial charge is 0.451 e. The second kappa shape index (κ2) is 8.77. The van der Waals surface area contributed by atoms with Gasteiger partial charge in [-0.1, -0.05) is 24.3 Å². The van der Waals surface area contributed by atoms with E-state index in [2.05, 4.69) is 10.4 Å². The van der Waals surface area contributed by atoms with Crippen molar-refractivity contribution in [1.29, 1.82) is 0 Å². The summed E-state index contributed by atoms with van der Waals surface area (Å²) in [5, 5.41) is 18.4. The van der Waals surface area contributed by atoms with Crippen LogP contribution in [0.3, 0.4) is 0 Å². The number of hydrogen-bond acceptors (Lipinski definition) is 7. The number of nitrogens with one attached hydrogen (secondary N) is 1. The van der Waals surface area contributed by atoms with Crippen LogP contribution in [0.25, 0.3) is 10.8 Å². The van der Waals surface area contributed by atoms with Gasteiger partial charge < -0.3 is 15.2 Å². The number of ether oxygens (including phenoxy) is 1. The number of aliphatic hydroxyl groups excluding tert-OH is 1. The number of fused-ring (bicyclic) bond motifs is 1. The second-order valence-corrected chi connectivity index (χ2v) is 7.01. The maximum atomic E-state index is 12.5. The number of hydrogen-bond donors (Lipinski definition) is 2. The molecule has 0 bridgehead atoms. The maximum Gasteiger partial charge on any atom is 0.359 e. The van der Waals surface area contributed by atoms with E-state index < -0.39 is 24.0 Å². The van der Waals surface area contributed by atoms with Crippen LogP contribution in [-0.2, 0) is 16.1 Å². The summed E-state index contributed by atoms with van der Waals surface area (Å²) in [4.78, 5) is 37.9. The number of nitrogens with zero attached hydrogens (tertiary/aromatic N) is 2. The highest BCUT2D eigenvalue weighted by molar-refractivity contribution is 7.10. The fraction of sp³-hybridized carbons (Fsp3) is 0.263. The van der Waals surface area contributed by atoms with Gasteiger partial charge in [-0.15, -0.1) is 11.3 Å². The lowest BCUT2D eigenvalue weighted by molar-refractivity contribution is -0.124. The van der Waals surface area contributed by atoms with E-state index in [0.29, 0.717) is 5.39 Å². The maximum absolute atomic E-state index is 12.5. The third kappa shape index (κ3) is 4.26. The smallest absolute Gasteiger partial charge is 0.359 e. The number of thiophene rings is 1. The summed E-state index contributed by atoms with van der Waals surface area (Å²) < 4.78 is 6.11. The number of aromatic nitrogens is 2. The third-order valence-electron chi connectivity index (χ3n) is 4.05.